The molecule has 0 atom stereocenters. The number of rotatable bonds is 7. The lowest BCUT2D eigenvalue weighted by Gasteiger charge is -2.22. The molecule has 0 aromatic carbocycles. The van der Waals surface area contributed by atoms with Crippen molar-refractivity contribution in [3.05, 3.63) is 63.3 Å². The predicted octanol–water partition coefficient (Wildman–Crippen LogP) is 2.85. The molecule has 0 radical (unpaired) electrons. The zero-order chi connectivity index (χ0) is 16.8. The highest BCUT2D eigenvalue weighted by Gasteiger charge is 2.31. The van der Waals surface area contributed by atoms with Crippen LogP contribution in [0.5, 0.6) is 0 Å². The molecule has 1 aromatic heterocycles. The van der Waals surface area contributed by atoms with Crippen molar-refractivity contribution in [2.45, 2.75) is 6.54 Å². The highest BCUT2D eigenvalue weighted by Crippen LogP contribution is 2.25. The number of hydrogen-bond acceptors (Lipinski definition) is 6. The minimum absolute atomic E-state index is 0.235. The van der Waals surface area contributed by atoms with Crippen LogP contribution in [-0.4, -0.2) is 51.4 Å². The van der Waals surface area contributed by atoms with E-state index in [4.69, 9.17) is 11.6 Å². The van der Waals surface area contributed by atoms with Crippen LogP contribution in [0.3, 0.4) is 0 Å². The van der Waals surface area contributed by atoms with Gasteiger partial charge in [0.2, 0.25) is 0 Å². The minimum Gasteiger partial charge on any atom is -0.354 e. The van der Waals surface area contributed by atoms with Gasteiger partial charge in [0, 0.05) is 38.6 Å². The van der Waals surface area contributed by atoms with Crippen LogP contribution >= 0.6 is 23.4 Å². The van der Waals surface area contributed by atoms with Crippen LogP contribution in [-0.2, 0) is 6.54 Å². The Morgan fingerprint density at radius 2 is 2.35 bits per heavy atom. The van der Waals surface area contributed by atoms with Crippen LogP contribution in [0.2, 0.25) is 5.15 Å². The molecular weight excluding hydrogens is 336 g/mol. The van der Waals surface area contributed by atoms with Crippen LogP contribution in [0.15, 0.2) is 42.5 Å². The topological polar surface area (TPSA) is 62.5 Å². The van der Waals surface area contributed by atoms with Gasteiger partial charge in [0.25, 0.3) is 5.70 Å². The van der Waals surface area contributed by atoms with Gasteiger partial charge in [0.15, 0.2) is 5.82 Å². The zero-order valence-corrected chi connectivity index (χ0v) is 14.5. The van der Waals surface area contributed by atoms with E-state index in [-0.39, 0.29) is 10.6 Å². The van der Waals surface area contributed by atoms with Gasteiger partial charge < -0.3 is 9.80 Å². The van der Waals surface area contributed by atoms with Crippen LogP contribution in [0.1, 0.15) is 5.56 Å². The monoisotopic (exact) mass is 354 g/mol. The third-order valence-corrected chi connectivity index (χ3v) is 4.65. The molecule has 0 aliphatic carbocycles. The van der Waals surface area contributed by atoms with Gasteiger partial charge in [0.05, 0.1) is 10.7 Å². The van der Waals surface area contributed by atoms with Gasteiger partial charge in [-0.25, -0.2) is 4.98 Å². The average Bonchev–Trinajstić information content (AvgIpc) is 2.87. The summed E-state index contributed by atoms with van der Waals surface area (Å²) in [5, 5.41) is 11.9. The molecule has 1 aliphatic heterocycles. The molecule has 0 amide bonds. The van der Waals surface area contributed by atoms with E-state index >= 15 is 0 Å². The first-order valence-electron chi connectivity index (χ1n) is 7.15. The van der Waals surface area contributed by atoms with Gasteiger partial charge in [0.1, 0.15) is 5.15 Å². The van der Waals surface area contributed by atoms with Crippen LogP contribution in [0, 0.1) is 10.1 Å². The molecular formula is C15H19ClN4O2S. The first-order chi connectivity index (χ1) is 11.0. The maximum Gasteiger partial charge on any atom is 0.295 e. The van der Waals surface area contributed by atoms with E-state index in [0.29, 0.717) is 29.0 Å². The minimum atomic E-state index is -0.277. The summed E-state index contributed by atoms with van der Waals surface area (Å²) in [5.41, 5.74) is 1.21. The van der Waals surface area contributed by atoms with Gasteiger partial charge in [-0.3, -0.25) is 10.1 Å². The third kappa shape index (κ3) is 4.62. The number of nitro groups is 1. The van der Waals surface area contributed by atoms with Crippen LogP contribution in [0.25, 0.3) is 0 Å². The normalized spacial score (nSPS) is 16.6. The molecule has 1 saturated heterocycles. The fourth-order valence-electron chi connectivity index (χ4n) is 2.44. The molecule has 1 fully saturated rings. The van der Waals surface area contributed by atoms with Crippen molar-refractivity contribution in [1.29, 1.82) is 0 Å². The quantitative estimate of drug-likeness (QED) is 0.247. The first-order valence-corrected chi connectivity index (χ1v) is 8.69. The van der Waals surface area contributed by atoms with E-state index in [9.17, 15) is 10.1 Å². The molecule has 2 rings (SSSR count). The summed E-state index contributed by atoms with van der Waals surface area (Å²) in [6.07, 6.45) is 3.46. The van der Waals surface area contributed by atoms with Gasteiger partial charge >= 0.3 is 0 Å². The number of likely N-dealkylation sites (N-methyl/N-ethyl adjacent to an activating group) is 1. The number of pyridine rings is 1. The van der Waals surface area contributed by atoms with Gasteiger partial charge in [-0.05, 0) is 11.6 Å². The maximum absolute atomic E-state index is 11.5. The zero-order valence-electron chi connectivity index (χ0n) is 12.9. The molecule has 1 aromatic rings. The summed E-state index contributed by atoms with van der Waals surface area (Å²) in [5.74, 6) is 1.73. The molecule has 0 saturated carbocycles. The van der Waals surface area contributed by atoms with E-state index in [1.807, 2.05) is 22.9 Å². The van der Waals surface area contributed by atoms with E-state index in [0.717, 1.165) is 18.7 Å². The summed E-state index contributed by atoms with van der Waals surface area (Å²) >= 11 is 7.29. The summed E-state index contributed by atoms with van der Waals surface area (Å²) in [4.78, 5) is 19.2. The second-order valence-corrected chi connectivity index (χ2v) is 6.58. The Bertz CT molecular complexity index is 606. The fraction of sp³-hybridized carbons (Fsp3) is 0.400. The third-order valence-electron chi connectivity index (χ3n) is 3.48. The number of hydrogen-bond donors (Lipinski definition) is 0. The summed E-state index contributed by atoms with van der Waals surface area (Å²) in [6.45, 7) is 5.74. The summed E-state index contributed by atoms with van der Waals surface area (Å²) in [6, 6.07) is 3.62. The molecule has 23 heavy (non-hydrogen) atoms. The fourth-order valence-corrected chi connectivity index (χ4v) is 3.26. The molecule has 1 aliphatic rings. The number of nitrogens with zero attached hydrogens (tertiary/aromatic N) is 4. The van der Waals surface area contributed by atoms with E-state index in [1.54, 1.807) is 18.3 Å². The number of thioether (sulfide) groups is 1. The molecule has 0 spiro atoms. The van der Waals surface area contributed by atoms with Crippen molar-refractivity contribution in [2.24, 2.45) is 0 Å². The van der Waals surface area contributed by atoms with Crippen molar-refractivity contribution >= 4 is 23.4 Å². The van der Waals surface area contributed by atoms with Crippen molar-refractivity contribution in [1.82, 2.24) is 14.8 Å². The van der Waals surface area contributed by atoms with Crippen molar-refractivity contribution in [3.8, 4) is 0 Å². The predicted molar refractivity (Wildman–Crippen MR) is 93.8 cm³/mol. The van der Waals surface area contributed by atoms with Gasteiger partial charge in [-0.15, -0.1) is 18.3 Å². The Balaban J connectivity index is 2.23. The standard InChI is InChI=1S/C15H19ClN4O2S/c1-3-8-23-11-13(20(21)22)15-18(2)6-7-19(15)10-12-4-5-14(16)17-9-12/h3-5,9H,1,6-8,10-11H2,2H3. The highest BCUT2D eigenvalue weighted by atomic mass is 35.5. The molecule has 6 nitrogen and oxygen atoms in total. The Morgan fingerprint density at radius 3 is 2.96 bits per heavy atom. The molecule has 2 heterocycles. The SMILES string of the molecule is C=CCSCC(=C1N(C)CCN1Cc1ccc(Cl)nc1)[N+](=O)[O-]. The van der Waals surface area contributed by atoms with Gasteiger partial charge in [-0.1, -0.05) is 23.7 Å². The summed E-state index contributed by atoms with van der Waals surface area (Å²) < 4.78 is 0. The Labute approximate surface area is 145 Å². The lowest BCUT2D eigenvalue weighted by molar-refractivity contribution is -0.426. The average molecular weight is 355 g/mol. The number of aromatic nitrogens is 1. The smallest absolute Gasteiger partial charge is 0.295 e. The van der Waals surface area contributed by atoms with E-state index < -0.39 is 0 Å². The molecule has 8 heteroatoms. The Morgan fingerprint density at radius 1 is 1.57 bits per heavy atom. The second kappa shape index (κ2) is 8.21. The van der Waals surface area contributed by atoms with Crippen molar-refractivity contribution in [2.75, 3.05) is 31.6 Å². The number of halogens is 1. The lowest BCUT2D eigenvalue weighted by Crippen LogP contribution is -2.25. The van der Waals surface area contributed by atoms with Crippen LogP contribution < -0.4 is 0 Å². The second-order valence-electron chi connectivity index (χ2n) is 5.16. The lowest BCUT2D eigenvalue weighted by atomic mass is 10.2. The summed E-state index contributed by atoms with van der Waals surface area (Å²) in [7, 11) is 1.89. The largest absolute Gasteiger partial charge is 0.354 e. The molecule has 124 valence electrons. The van der Waals surface area contributed by atoms with Crippen LogP contribution in [0.4, 0.5) is 0 Å². The molecule has 0 N–H and O–H groups in total. The van der Waals surface area contributed by atoms with E-state index in [2.05, 4.69) is 11.6 Å². The maximum atomic E-state index is 11.5. The first kappa shape index (κ1) is 17.6. The van der Waals surface area contributed by atoms with Gasteiger partial charge in [-0.2, -0.15) is 0 Å². The molecule has 0 bridgehead atoms. The Hall–Kier alpha value is -1.73. The Kier molecular flexibility index (Phi) is 6.29. The highest BCUT2D eigenvalue weighted by molar-refractivity contribution is 7.99. The van der Waals surface area contributed by atoms with Crippen molar-refractivity contribution in [3.63, 3.8) is 0 Å². The van der Waals surface area contributed by atoms with E-state index in [1.165, 1.54) is 11.8 Å². The molecule has 0 unspecified atom stereocenters. The van der Waals surface area contributed by atoms with Crippen molar-refractivity contribution < 1.29 is 4.92 Å².